The second kappa shape index (κ2) is 69.8. The summed E-state index contributed by atoms with van der Waals surface area (Å²) in [4.78, 5) is 24.6. The molecule has 0 aliphatic heterocycles. The van der Waals surface area contributed by atoms with E-state index in [1.165, 1.54) is 347 Å². The maximum atomic E-state index is 12.5. The fraction of sp³-hybridized carbons (Fsp3) is 0.919. The molecule has 0 aromatic carbocycles. The fourth-order valence-corrected chi connectivity index (χ4v) is 11.6. The summed E-state index contributed by atoms with van der Waals surface area (Å²) >= 11 is 0. The van der Waals surface area contributed by atoms with Gasteiger partial charge in [0.15, 0.2) is 0 Å². The third-order valence-electron chi connectivity index (χ3n) is 17.2. The van der Waals surface area contributed by atoms with E-state index in [1.807, 2.05) is 6.08 Å². The van der Waals surface area contributed by atoms with Gasteiger partial charge in [-0.3, -0.25) is 9.59 Å². The van der Waals surface area contributed by atoms with Crippen LogP contribution in [-0.4, -0.2) is 47.4 Å². The molecule has 80 heavy (non-hydrogen) atoms. The molecule has 0 aromatic heterocycles. The highest BCUT2D eigenvalue weighted by molar-refractivity contribution is 5.76. The van der Waals surface area contributed by atoms with Crippen LogP contribution < -0.4 is 5.32 Å². The lowest BCUT2D eigenvalue weighted by Gasteiger charge is -2.20. The smallest absolute Gasteiger partial charge is 0.305 e. The Bertz CT molecular complexity index is 1250. The van der Waals surface area contributed by atoms with E-state index in [2.05, 4.69) is 31.3 Å². The van der Waals surface area contributed by atoms with Crippen molar-refractivity contribution in [3.05, 3.63) is 24.3 Å². The van der Waals surface area contributed by atoms with Crippen LogP contribution in [0.15, 0.2) is 24.3 Å². The first kappa shape index (κ1) is 78.3. The minimum absolute atomic E-state index is 0.0163. The highest BCUT2D eigenvalue weighted by Crippen LogP contribution is 2.19. The van der Waals surface area contributed by atoms with E-state index in [0.717, 1.165) is 38.5 Å². The Morgan fingerprint density at radius 3 is 0.887 bits per heavy atom. The number of unbranched alkanes of at least 4 members (excludes halogenated alkanes) is 56. The molecule has 0 radical (unpaired) electrons. The Hall–Kier alpha value is -1.66. The zero-order valence-electron chi connectivity index (χ0n) is 54.3. The molecule has 0 saturated carbocycles. The van der Waals surface area contributed by atoms with Crippen LogP contribution in [0.5, 0.6) is 0 Å². The van der Waals surface area contributed by atoms with Crippen molar-refractivity contribution in [2.45, 2.75) is 424 Å². The van der Waals surface area contributed by atoms with Gasteiger partial charge in [0, 0.05) is 12.8 Å². The molecule has 0 spiro atoms. The van der Waals surface area contributed by atoms with E-state index >= 15 is 0 Å². The summed E-state index contributed by atoms with van der Waals surface area (Å²) in [5.41, 5.74) is 0. The molecule has 3 N–H and O–H groups in total. The van der Waals surface area contributed by atoms with Gasteiger partial charge in [-0.15, -0.1) is 0 Å². The minimum atomic E-state index is -0.847. The summed E-state index contributed by atoms with van der Waals surface area (Å²) in [6.07, 6.45) is 88.4. The highest BCUT2D eigenvalue weighted by Gasteiger charge is 2.18. The zero-order valence-corrected chi connectivity index (χ0v) is 54.3. The summed E-state index contributed by atoms with van der Waals surface area (Å²) in [5, 5.41) is 23.3. The van der Waals surface area contributed by atoms with E-state index in [-0.39, 0.29) is 18.5 Å². The number of ether oxygens (including phenoxy) is 1. The molecule has 0 saturated heterocycles. The molecular weight excluding hydrogens is 983 g/mol. The number of aliphatic hydroxyl groups is 2. The van der Waals surface area contributed by atoms with Gasteiger partial charge in [-0.2, -0.15) is 0 Å². The molecule has 474 valence electrons. The van der Waals surface area contributed by atoms with Crippen molar-refractivity contribution < 1.29 is 24.5 Å². The highest BCUT2D eigenvalue weighted by atomic mass is 16.5. The largest absolute Gasteiger partial charge is 0.466 e. The van der Waals surface area contributed by atoms with Crippen LogP contribution in [0.1, 0.15) is 412 Å². The first-order chi connectivity index (χ1) is 39.5. The maximum absolute atomic E-state index is 12.5. The van der Waals surface area contributed by atoms with Crippen molar-refractivity contribution >= 4 is 11.9 Å². The molecule has 0 aromatic rings. The molecule has 0 heterocycles. The molecular formula is C74H143NO5. The molecule has 1 amide bonds. The first-order valence-corrected chi connectivity index (χ1v) is 36.6. The predicted molar refractivity (Wildman–Crippen MR) is 352 cm³/mol. The summed E-state index contributed by atoms with van der Waals surface area (Å²) < 4.78 is 5.49. The van der Waals surface area contributed by atoms with Gasteiger partial charge in [0.25, 0.3) is 0 Å². The number of carbonyl (C=O) groups is 2. The molecule has 2 unspecified atom stereocenters. The van der Waals surface area contributed by atoms with Crippen molar-refractivity contribution in [2.75, 3.05) is 13.2 Å². The van der Waals surface area contributed by atoms with E-state index in [1.54, 1.807) is 6.08 Å². The van der Waals surface area contributed by atoms with Crippen molar-refractivity contribution in [3.63, 3.8) is 0 Å². The summed E-state index contributed by atoms with van der Waals surface area (Å²) in [6.45, 7) is 4.95. The van der Waals surface area contributed by atoms with Crippen LogP contribution >= 0.6 is 0 Å². The predicted octanol–water partition coefficient (Wildman–Crippen LogP) is 23.7. The molecule has 6 heteroatoms. The van der Waals surface area contributed by atoms with E-state index in [0.29, 0.717) is 19.4 Å². The Balaban J connectivity index is 3.41. The third-order valence-corrected chi connectivity index (χ3v) is 17.2. The standard InChI is InChI=1S/C74H143NO5/c1-3-5-7-9-11-13-15-17-18-19-20-21-22-27-30-33-36-39-43-46-50-54-58-62-66-72(77)71(70-76)75-73(78)67-63-59-55-51-47-44-40-37-34-31-28-25-23-24-26-29-32-35-38-41-45-49-53-57-61-65-69-80-74(79)68-64-60-56-52-48-42-16-14-12-10-8-6-4-2/h23,25,62,66,71-72,76-77H,3-22,24,26-61,63-65,67-70H2,1-2H3,(H,75,78)/b25-23-,66-62+. The molecule has 0 rings (SSSR count). The number of amides is 1. The van der Waals surface area contributed by atoms with Crippen molar-refractivity contribution in [1.29, 1.82) is 0 Å². The van der Waals surface area contributed by atoms with Crippen molar-refractivity contribution in [3.8, 4) is 0 Å². The third kappa shape index (κ3) is 65.5. The van der Waals surface area contributed by atoms with E-state index < -0.39 is 12.1 Å². The number of carbonyl (C=O) groups excluding carboxylic acids is 2. The van der Waals surface area contributed by atoms with Gasteiger partial charge in [0.2, 0.25) is 5.91 Å². The first-order valence-electron chi connectivity index (χ1n) is 36.6. The minimum Gasteiger partial charge on any atom is -0.466 e. The monoisotopic (exact) mass is 1130 g/mol. The number of allylic oxidation sites excluding steroid dienone is 3. The Morgan fingerprint density at radius 1 is 0.338 bits per heavy atom. The van der Waals surface area contributed by atoms with Crippen LogP contribution in [0.4, 0.5) is 0 Å². The van der Waals surface area contributed by atoms with Crippen LogP contribution in [0.25, 0.3) is 0 Å². The maximum Gasteiger partial charge on any atom is 0.305 e. The fourth-order valence-electron chi connectivity index (χ4n) is 11.6. The average molecular weight is 1130 g/mol. The number of rotatable bonds is 69. The molecule has 0 aliphatic carbocycles. The Morgan fingerprint density at radius 2 is 0.588 bits per heavy atom. The molecule has 2 atom stereocenters. The normalized spacial score (nSPS) is 12.6. The van der Waals surface area contributed by atoms with Crippen LogP contribution in [0, 0.1) is 0 Å². The van der Waals surface area contributed by atoms with Crippen LogP contribution in [-0.2, 0) is 14.3 Å². The number of aliphatic hydroxyl groups excluding tert-OH is 2. The molecule has 0 aliphatic rings. The van der Waals surface area contributed by atoms with Crippen LogP contribution in [0.2, 0.25) is 0 Å². The summed E-state index contributed by atoms with van der Waals surface area (Å²) in [7, 11) is 0. The molecule has 0 fully saturated rings. The zero-order chi connectivity index (χ0) is 57.8. The topological polar surface area (TPSA) is 95.9 Å². The Kier molecular flexibility index (Phi) is 68.4. The van der Waals surface area contributed by atoms with Crippen LogP contribution in [0.3, 0.4) is 0 Å². The van der Waals surface area contributed by atoms with E-state index in [9.17, 15) is 19.8 Å². The molecule has 6 nitrogen and oxygen atoms in total. The second-order valence-corrected chi connectivity index (χ2v) is 25.3. The number of hydrogen-bond acceptors (Lipinski definition) is 5. The van der Waals surface area contributed by atoms with Crippen molar-refractivity contribution in [1.82, 2.24) is 5.32 Å². The van der Waals surface area contributed by atoms with Gasteiger partial charge in [0.05, 0.1) is 25.4 Å². The van der Waals surface area contributed by atoms with Gasteiger partial charge < -0.3 is 20.3 Å². The van der Waals surface area contributed by atoms with Gasteiger partial charge >= 0.3 is 5.97 Å². The Labute approximate surface area is 501 Å². The van der Waals surface area contributed by atoms with Gasteiger partial charge in [-0.1, -0.05) is 366 Å². The quantitative estimate of drug-likeness (QED) is 0.0320. The molecule has 0 bridgehead atoms. The number of esters is 1. The lowest BCUT2D eigenvalue weighted by atomic mass is 10.0. The van der Waals surface area contributed by atoms with Gasteiger partial charge in [0.1, 0.15) is 0 Å². The SMILES string of the molecule is CCCCCCCCCCCCCCCCCCCCCCCC/C=C/C(O)C(CO)NC(=O)CCCCCCCCCCCC/C=C\CCCCCCCCCCCCCCOC(=O)CCCCCCCCCCCCCCC. The van der Waals surface area contributed by atoms with Gasteiger partial charge in [-0.05, 0) is 57.8 Å². The van der Waals surface area contributed by atoms with E-state index in [4.69, 9.17) is 4.74 Å². The average Bonchev–Trinajstić information content (AvgIpc) is 3.46. The lowest BCUT2D eigenvalue weighted by molar-refractivity contribution is -0.143. The second-order valence-electron chi connectivity index (χ2n) is 25.3. The summed E-state index contributed by atoms with van der Waals surface area (Å²) in [6, 6.07) is -0.630. The van der Waals surface area contributed by atoms with Crippen molar-refractivity contribution in [2.24, 2.45) is 0 Å². The van der Waals surface area contributed by atoms with Gasteiger partial charge in [-0.25, -0.2) is 0 Å². The lowest BCUT2D eigenvalue weighted by Crippen LogP contribution is -2.45. The number of hydrogen-bond donors (Lipinski definition) is 3. The number of nitrogens with one attached hydrogen (secondary N) is 1. The summed E-state index contributed by atoms with van der Waals surface area (Å²) in [5.74, 6) is -0.0488.